The third-order valence-electron chi connectivity index (χ3n) is 3.41. The minimum atomic E-state index is -3.49. The molecular weight excluding hydrogens is 253 g/mol. The van der Waals surface area contributed by atoms with E-state index in [-0.39, 0.29) is 4.90 Å². The Kier molecular flexibility index (Phi) is 4.35. The first kappa shape index (κ1) is 13.5. The van der Waals surface area contributed by atoms with Crippen LogP contribution in [0.1, 0.15) is 32.1 Å². The molecule has 1 N–H and O–H groups in total. The zero-order chi connectivity index (χ0) is 13.0. The Labute approximate surface area is 107 Å². The molecule has 1 aliphatic rings. The maximum atomic E-state index is 12.7. The van der Waals surface area contributed by atoms with Gasteiger partial charge in [-0.1, -0.05) is 19.3 Å². The van der Waals surface area contributed by atoms with Crippen LogP contribution in [0.15, 0.2) is 29.2 Å². The summed E-state index contributed by atoms with van der Waals surface area (Å²) in [5, 5.41) is 0. The lowest BCUT2D eigenvalue weighted by Gasteiger charge is -2.21. The van der Waals surface area contributed by atoms with E-state index in [2.05, 4.69) is 4.72 Å². The van der Waals surface area contributed by atoms with Crippen molar-refractivity contribution in [3.63, 3.8) is 0 Å². The van der Waals surface area contributed by atoms with Gasteiger partial charge in [0.2, 0.25) is 10.0 Å². The van der Waals surface area contributed by atoms with Crippen LogP contribution in [0.3, 0.4) is 0 Å². The second kappa shape index (κ2) is 5.80. The number of hydrogen-bond donors (Lipinski definition) is 1. The molecule has 5 heteroatoms. The first-order valence-corrected chi connectivity index (χ1v) is 7.81. The minimum Gasteiger partial charge on any atom is -0.211 e. The second-order valence-corrected chi connectivity index (χ2v) is 6.58. The van der Waals surface area contributed by atoms with Crippen LogP contribution in [0.5, 0.6) is 0 Å². The summed E-state index contributed by atoms with van der Waals surface area (Å²) in [4.78, 5) is 0.125. The molecular formula is C13H18FNO2S. The molecule has 0 unspecified atom stereocenters. The molecule has 0 aromatic heterocycles. The molecule has 1 aliphatic carbocycles. The molecule has 1 fully saturated rings. The lowest BCUT2D eigenvalue weighted by molar-refractivity contribution is 0.357. The molecule has 0 aliphatic heterocycles. The van der Waals surface area contributed by atoms with Gasteiger partial charge in [-0.05, 0) is 43.0 Å². The van der Waals surface area contributed by atoms with Gasteiger partial charge in [-0.2, -0.15) is 0 Å². The van der Waals surface area contributed by atoms with Crippen LogP contribution in [-0.4, -0.2) is 15.0 Å². The summed E-state index contributed by atoms with van der Waals surface area (Å²) in [7, 11) is -3.49. The van der Waals surface area contributed by atoms with Gasteiger partial charge in [0.25, 0.3) is 0 Å². The van der Waals surface area contributed by atoms with Crippen LogP contribution in [0.2, 0.25) is 0 Å². The van der Waals surface area contributed by atoms with E-state index in [4.69, 9.17) is 0 Å². The van der Waals surface area contributed by atoms with E-state index in [1.54, 1.807) is 0 Å². The van der Waals surface area contributed by atoms with Crippen molar-refractivity contribution < 1.29 is 12.8 Å². The highest BCUT2D eigenvalue weighted by Gasteiger charge is 2.18. The Bertz CT molecular complexity index is 478. The summed E-state index contributed by atoms with van der Waals surface area (Å²) in [6.07, 6.45) is 5.80. The van der Waals surface area contributed by atoms with Crippen molar-refractivity contribution >= 4 is 10.0 Å². The van der Waals surface area contributed by atoms with Crippen molar-refractivity contribution in [1.29, 1.82) is 0 Å². The van der Waals surface area contributed by atoms with Crippen molar-refractivity contribution in [1.82, 2.24) is 4.72 Å². The molecule has 0 bridgehead atoms. The van der Waals surface area contributed by atoms with Crippen molar-refractivity contribution in [2.45, 2.75) is 37.0 Å². The normalized spacial score (nSPS) is 17.8. The largest absolute Gasteiger partial charge is 0.240 e. The Balaban J connectivity index is 1.96. The van der Waals surface area contributed by atoms with Gasteiger partial charge in [-0.3, -0.25) is 0 Å². The van der Waals surface area contributed by atoms with Crippen LogP contribution in [0.4, 0.5) is 4.39 Å². The van der Waals surface area contributed by atoms with Gasteiger partial charge in [0.15, 0.2) is 0 Å². The van der Waals surface area contributed by atoms with Crippen molar-refractivity contribution in [2.75, 3.05) is 6.54 Å². The summed E-state index contributed by atoms with van der Waals surface area (Å²) in [6, 6.07) is 4.90. The molecule has 0 amide bonds. The van der Waals surface area contributed by atoms with Gasteiger partial charge < -0.3 is 0 Å². The fraction of sp³-hybridized carbons (Fsp3) is 0.538. The van der Waals surface area contributed by atoms with Crippen LogP contribution < -0.4 is 4.72 Å². The second-order valence-electron chi connectivity index (χ2n) is 4.81. The highest BCUT2D eigenvalue weighted by molar-refractivity contribution is 7.89. The number of benzene rings is 1. The van der Waals surface area contributed by atoms with E-state index in [0.29, 0.717) is 12.5 Å². The highest BCUT2D eigenvalue weighted by Crippen LogP contribution is 2.23. The quantitative estimate of drug-likeness (QED) is 0.915. The SMILES string of the molecule is O=S(=O)(NCC1CCCCC1)c1ccc(F)cc1. The summed E-state index contributed by atoms with van der Waals surface area (Å²) >= 11 is 0. The predicted molar refractivity (Wildman–Crippen MR) is 68.2 cm³/mol. The molecule has 2 rings (SSSR count). The first-order valence-electron chi connectivity index (χ1n) is 6.33. The number of sulfonamides is 1. The fourth-order valence-electron chi connectivity index (χ4n) is 2.32. The Morgan fingerprint density at radius 1 is 1.11 bits per heavy atom. The maximum Gasteiger partial charge on any atom is 0.240 e. The molecule has 1 aromatic rings. The maximum absolute atomic E-state index is 12.7. The Hall–Kier alpha value is -0.940. The van der Waals surface area contributed by atoms with E-state index in [1.165, 1.54) is 31.4 Å². The summed E-state index contributed by atoms with van der Waals surface area (Å²) < 4.78 is 39.3. The third kappa shape index (κ3) is 3.53. The highest BCUT2D eigenvalue weighted by atomic mass is 32.2. The van der Waals surface area contributed by atoms with Crippen LogP contribution in [0.25, 0.3) is 0 Å². The molecule has 1 aromatic carbocycles. The average molecular weight is 271 g/mol. The molecule has 0 spiro atoms. The van der Waals surface area contributed by atoms with E-state index < -0.39 is 15.8 Å². The number of halogens is 1. The lowest BCUT2D eigenvalue weighted by atomic mass is 9.90. The Morgan fingerprint density at radius 2 is 1.72 bits per heavy atom. The zero-order valence-corrected chi connectivity index (χ0v) is 11.0. The van der Waals surface area contributed by atoms with Gasteiger partial charge in [0.1, 0.15) is 5.82 Å². The smallest absolute Gasteiger partial charge is 0.211 e. The zero-order valence-electron chi connectivity index (χ0n) is 10.2. The van der Waals surface area contributed by atoms with E-state index >= 15 is 0 Å². The van der Waals surface area contributed by atoms with Crippen molar-refractivity contribution in [3.8, 4) is 0 Å². The van der Waals surface area contributed by atoms with Crippen molar-refractivity contribution in [3.05, 3.63) is 30.1 Å². The van der Waals surface area contributed by atoms with Gasteiger partial charge in [-0.15, -0.1) is 0 Å². The minimum absolute atomic E-state index is 0.125. The molecule has 18 heavy (non-hydrogen) atoms. The molecule has 0 heterocycles. The molecule has 1 saturated carbocycles. The van der Waals surface area contributed by atoms with Gasteiger partial charge in [0.05, 0.1) is 4.90 Å². The predicted octanol–water partition coefficient (Wildman–Crippen LogP) is 2.68. The third-order valence-corrected chi connectivity index (χ3v) is 4.85. The van der Waals surface area contributed by atoms with Crippen LogP contribution in [0, 0.1) is 11.7 Å². The molecule has 0 atom stereocenters. The van der Waals surface area contributed by atoms with Gasteiger partial charge in [0, 0.05) is 6.54 Å². The number of hydrogen-bond acceptors (Lipinski definition) is 2. The first-order chi connectivity index (χ1) is 8.58. The molecule has 100 valence electrons. The average Bonchev–Trinajstić information content (AvgIpc) is 2.38. The summed E-state index contributed by atoms with van der Waals surface area (Å²) in [5.74, 6) is 0.00945. The van der Waals surface area contributed by atoms with E-state index in [0.717, 1.165) is 25.0 Å². The fourth-order valence-corrected chi connectivity index (χ4v) is 3.43. The standard InChI is InChI=1S/C13H18FNO2S/c14-12-6-8-13(9-7-12)18(16,17)15-10-11-4-2-1-3-5-11/h6-9,11,15H,1-5,10H2. The number of rotatable bonds is 4. The monoisotopic (exact) mass is 271 g/mol. The van der Waals surface area contributed by atoms with E-state index in [1.807, 2.05) is 0 Å². The van der Waals surface area contributed by atoms with Crippen molar-refractivity contribution in [2.24, 2.45) is 5.92 Å². The summed E-state index contributed by atoms with van der Waals surface area (Å²) in [5.41, 5.74) is 0. The number of nitrogens with one attached hydrogen (secondary N) is 1. The van der Waals surface area contributed by atoms with E-state index in [9.17, 15) is 12.8 Å². The topological polar surface area (TPSA) is 46.2 Å². The van der Waals surface area contributed by atoms with Gasteiger partial charge in [-0.25, -0.2) is 17.5 Å². The molecule has 0 saturated heterocycles. The van der Waals surface area contributed by atoms with Crippen LogP contribution >= 0.6 is 0 Å². The lowest BCUT2D eigenvalue weighted by Crippen LogP contribution is -2.30. The molecule has 0 radical (unpaired) electrons. The Morgan fingerprint density at radius 3 is 2.33 bits per heavy atom. The molecule has 3 nitrogen and oxygen atoms in total. The van der Waals surface area contributed by atoms with Gasteiger partial charge >= 0.3 is 0 Å². The van der Waals surface area contributed by atoms with Crippen LogP contribution in [-0.2, 0) is 10.0 Å². The summed E-state index contributed by atoms with van der Waals surface area (Å²) in [6.45, 7) is 0.486.